The molecule has 1 fully saturated rings. The number of carboxylic acids is 1. The first-order valence-electron chi connectivity index (χ1n) is 6.57. The van der Waals surface area contributed by atoms with Gasteiger partial charge in [-0.3, -0.25) is 0 Å². The van der Waals surface area contributed by atoms with Crippen LogP contribution in [0.3, 0.4) is 0 Å². The fraction of sp³-hybridized carbons (Fsp3) is 0.467. The minimum atomic E-state index is -1.11. The molecule has 0 saturated heterocycles. The highest BCUT2D eigenvalue weighted by Crippen LogP contribution is 2.32. The Labute approximate surface area is 112 Å². The van der Waals surface area contributed by atoms with Crippen LogP contribution in [-0.4, -0.2) is 22.6 Å². The van der Waals surface area contributed by atoms with Gasteiger partial charge in [0.1, 0.15) is 5.60 Å². The molecule has 0 amide bonds. The average molecular weight is 262 g/mol. The molecule has 102 valence electrons. The van der Waals surface area contributed by atoms with E-state index in [-0.39, 0.29) is 11.1 Å². The van der Waals surface area contributed by atoms with Crippen molar-refractivity contribution in [3.8, 4) is 0 Å². The lowest BCUT2D eigenvalue weighted by Gasteiger charge is -2.33. The summed E-state index contributed by atoms with van der Waals surface area (Å²) in [7, 11) is 0. The van der Waals surface area contributed by atoms with Crippen molar-refractivity contribution in [3.63, 3.8) is 0 Å². The van der Waals surface area contributed by atoms with Crippen LogP contribution in [-0.2, 0) is 4.74 Å². The third-order valence-corrected chi connectivity index (χ3v) is 3.63. The summed E-state index contributed by atoms with van der Waals surface area (Å²) in [5, 5.41) is 9.08. The Hall–Kier alpha value is -1.84. The lowest BCUT2D eigenvalue weighted by atomic mass is 9.86. The summed E-state index contributed by atoms with van der Waals surface area (Å²) < 4.78 is 5.55. The van der Waals surface area contributed by atoms with Crippen molar-refractivity contribution in [1.82, 2.24) is 0 Å². The smallest absolute Gasteiger partial charge is 0.339 e. The van der Waals surface area contributed by atoms with Crippen LogP contribution in [0, 0.1) is 0 Å². The third-order valence-electron chi connectivity index (χ3n) is 3.63. The Morgan fingerprint density at radius 1 is 1.11 bits per heavy atom. The molecule has 0 radical (unpaired) electrons. The molecule has 1 N–H and O–H groups in total. The predicted molar refractivity (Wildman–Crippen MR) is 70.3 cm³/mol. The summed E-state index contributed by atoms with van der Waals surface area (Å²) in [6, 6.07) is 6.16. The Morgan fingerprint density at radius 2 is 1.68 bits per heavy atom. The minimum Gasteiger partial charge on any atom is -0.478 e. The van der Waals surface area contributed by atoms with Gasteiger partial charge >= 0.3 is 11.9 Å². The molecule has 1 saturated carbocycles. The van der Waals surface area contributed by atoms with Crippen molar-refractivity contribution in [2.75, 3.05) is 0 Å². The number of esters is 1. The topological polar surface area (TPSA) is 63.6 Å². The maximum atomic E-state index is 12.2. The Bertz CT molecular complexity index is 487. The van der Waals surface area contributed by atoms with Crippen molar-refractivity contribution < 1.29 is 19.4 Å². The van der Waals surface area contributed by atoms with Crippen LogP contribution in [0.4, 0.5) is 0 Å². The molecule has 0 aliphatic heterocycles. The van der Waals surface area contributed by atoms with Gasteiger partial charge in [-0.15, -0.1) is 0 Å². The van der Waals surface area contributed by atoms with Gasteiger partial charge in [0.2, 0.25) is 0 Å². The van der Waals surface area contributed by atoms with Gasteiger partial charge in [0.15, 0.2) is 0 Å². The maximum Gasteiger partial charge on any atom is 0.339 e. The van der Waals surface area contributed by atoms with Gasteiger partial charge < -0.3 is 9.84 Å². The van der Waals surface area contributed by atoms with E-state index in [4.69, 9.17) is 9.84 Å². The Balaban J connectivity index is 2.18. The van der Waals surface area contributed by atoms with Crippen molar-refractivity contribution in [2.45, 2.75) is 44.6 Å². The normalized spacial score (nSPS) is 17.7. The quantitative estimate of drug-likeness (QED) is 0.849. The van der Waals surface area contributed by atoms with Crippen LogP contribution in [0.1, 0.15) is 59.7 Å². The molecule has 4 nitrogen and oxygen atoms in total. The van der Waals surface area contributed by atoms with E-state index in [1.165, 1.54) is 18.6 Å². The lowest BCUT2D eigenvalue weighted by molar-refractivity contribution is -0.0271. The second-order valence-electron chi connectivity index (χ2n) is 5.25. The average Bonchev–Trinajstić information content (AvgIpc) is 2.39. The van der Waals surface area contributed by atoms with Gasteiger partial charge in [0, 0.05) is 0 Å². The lowest BCUT2D eigenvalue weighted by Crippen LogP contribution is -2.34. The van der Waals surface area contributed by atoms with E-state index in [0.717, 1.165) is 25.7 Å². The van der Waals surface area contributed by atoms with Crippen molar-refractivity contribution in [3.05, 3.63) is 35.4 Å². The summed E-state index contributed by atoms with van der Waals surface area (Å²) >= 11 is 0. The number of benzene rings is 1. The van der Waals surface area contributed by atoms with Gasteiger partial charge in [-0.1, -0.05) is 18.6 Å². The third kappa shape index (κ3) is 3.13. The number of hydrogen-bond acceptors (Lipinski definition) is 3. The molecule has 0 aromatic heterocycles. The first kappa shape index (κ1) is 13.6. The number of hydrogen-bond donors (Lipinski definition) is 1. The highest BCUT2D eigenvalue weighted by atomic mass is 16.6. The van der Waals surface area contributed by atoms with E-state index < -0.39 is 17.5 Å². The number of carbonyl (C=O) groups is 2. The zero-order valence-corrected chi connectivity index (χ0v) is 11.0. The standard InChI is InChI=1S/C15H18O4/c1-15(9-5-2-6-10-15)19-14(18)12-8-4-3-7-11(12)13(16)17/h3-4,7-8H,2,5-6,9-10H2,1H3,(H,16,17). The van der Waals surface area contributed by atoms with E-state index in [0.29, 0.717) is 0 Å². The number of ether oxygens (including phenoxy) is 1. The zero-order valence-electron chi connectivity index (χ0n) is 11.0. The van der Waals surface area contributed by atoms with Gasteiger partial charge in [0.25, 0.3) is 0 Å². The molecule has 0 spiro atoms. The molecule has 0 bridgehead atoms. The van der Waals surface area contributed by atoms with Crippen LogP contribution < -0.4 is 0 Å². The molecule has 1 aromatic rings. The fourth-order valence-corrected chi connectivity index (χ4v) is 2.53. The summed E-state index contributed by atoms with van der Waals surface area (Å²) in [4.78, 5) is 23.2. The first-order chi connectivity index (χ1) is 9.02. The highest BCUT2D eigenvalue weighted by Gasteiger charge is 2.32. The van der Waals surface area contributed by atoms with E-state index in [1.807, 2.05) is 6.92 Å². The van der Waals surface area contributed by atoms with Crippen LogP contribution in [0.25, 0.3) is 0 Å². The molecule has 4 heteroatoms. The summed E-state index contributed by atoms with van der Waals surface area (Å²) in [5.41, 5.74) is -0.338. The molecule has 0 heterocycles. The van der Waals surface area contributed by atoms with Crippen LogP contribution in [0.5, 0.6) is 0 Å². The van der Waals surface area contributed by atoms with E-state index in [2.05, 4.69) is 0 Å². The van der Waals surface area contributed by atoms with Crippen molar-refractivity contribution >= 4 is 11.9 Å². The van der Waals surface area contributed by atoms with E-state index in [1.54, 1.807) is 12.1 Å². The first-order valence-corrected chi connectivity index (χ1v) is 6.57. The van der Waals surface area contributed by atoms with Gasteiger partial charge in [-0.05, 0) is 44.7 Å². The molecule has 1 aliphatic rings. The number of carbonyl (C=O) groups excluding carboxylic acids is 1. The molecular weight excluding hydrogens is 244 g/mol. The largest absolute Gasteiger partial charge is 0.478 e. The molecule has 2 rings (SSSR count). The Kier molecular flexibility index (Phi) is 3.88. The van der Waals surface area contributed by atoms with Crippen LogP contribution >= 0.6 is 0 Å². The minimum absolute atomic E-state index is 0.00749. The number of rotatable bonds is 3. The molecule has 1 aromatic carbocycles. The van der Waals surface area contributed by atoms with Gasteiger partial charge in [-0.25, -0.2) is 9.59 Å². The van der Waals surface area contributed by atoms with Crippen LogP contribution in [0.2, 0.25) is 0 Å². The SMILES string of the molecule is CC1(OC(=O)c2ccccc2C(=O)O)CCCCC1. The molecule has 19 heavy (non-hydrogen) atoms. The Morgan fingerprint density at radius 3 is 2.26 bits per heavy atom. The van der Waals surface area contributed by atoms with Crippen molar-refractivity contribution in [1.29, 1.82) is 0 Å². The molecule has 0 atom stereocenters. The monoisotopic (exact) mass is 262 g/mol. The van der Waals surface area contributed by atoms with Crippen molar-refractivity contribution in [2.24, 2.45) is 0 Å². The summed E-state index contributed by atoms with van der Waals surface area (Å²) in [6.07, 6.45) is 4.94. The zero-order chi connectivity index (χ0) is 13.9. The number of carboxylic acid groups (broad SMARTS) is 1. The summed E-state index contributed by atoms with van der Waals surface area (Å²) in [5.74, 6) is -1.65. The molecule has 1 aliphatic carbocycles. The highest BCUT2D eigenvalue weighted by molar-refractivity contribution is 6.02. The van der Waals surface area contributed by atoms with Crippen LogP contribution in [0.15, 0.2) is 24.3 Å². The van der Waals surface area contributed by atoms with Gasteiger partial charge in [-0.2, -0.15) is 0 Å². The number of aromatic carboxylic acids is 1. The predicted octanol–water partition coefficient (Wildman–Crippen LogP) is 3.26. The summed E-state index contributed by atoms with van der Waals surface area (Å²) in [6.45, 7) is 1.92. The molecule has 0 unspecified atom stereocenters. The van der Waals surface area contributed by atoms with Gasteiger partial charge in [0.05, 0.1) is 11.1 Å². The fourth-order valence-electron chi connectivity index (χ4n) is 2.53. The van der Waals surface area contributed by atoms with E-state index >= 15 is 0 Å². The maximum absolute atomic E-state index is 12.2. The van der Waals surface area contributed by atoms with E-state index in [9.17, 15) is 9.59 Å². The second-order valence-corrected chi connectivity index (χ2v) is 5.25. The second kappa shape index (κ2) is 5.43. The molecular formula is C15H18O4.